The fourth-order valence-corrected chi connectivity index (χ4v) is 1.41. The molecule has 0 saturated heterocycles. The Morgan fingerprint density at radius 3 is 1.90 bits per heavy atom. The second-order valence-corrected chi connectivity index (χ2v) is 6.54. The summed E-state index contributed by atoms with van der Waals surface area (Å²) in [6.07, 6.45) is 2.13. The first-order valence-corrected chi connectivity index (χ1v) is 6.69. The summed E-state index contributed by atoms with van der Waals surface area (Å²) in [5.74, 6) is 0. The number of ether oxygens (including phenoxy) is 2. The lowest BCUT2D eigenvalue weighted by Gasteiger charge is -2.30. The van der Waals surface area contributed by atoms with Gasteiger partial charge in [-0.05, 0) is 47.6 Å². The summed E-state index contributed by atoms with van der Waals surface area (Å²) in [6, 6.07) is 0. The molecule has 2 N–H and O–H groups in total. The van der Waals surface area contributed by atoms with Gasteiger partial charge in [0, 0.05) is 6.20 Å². The molecular weight excluding hydrogens is 276 g/mol. The lowest BCUT2D eigenvalue weighted by molar-refractivity contribution is -0.0573. The zero-order chi connectivity index (χ0) is 16.3. The fraction of sp³-hybridized carbons (Fsp3) is 0.692. The molecule has 0 aliphatic carbocycles. The first kappa shape index (κ1) is 17.1. The Kier molecular flexibility index (Phi) is 5.06. The van der Waals surface area contributed by atoms with Gasteiger partial charge in [-0.2, -0.15) is 0 Å². The van der Waals surface area contributed by atoms with Gasteiger partial charge in [-0.1, -0.05) is 0 Å². The van der Waals surface area contributed by atoms with Gasteiger partial charge in [-0.25, -0.2) is 25.6 Å². The van der Waals surface area contributed by atoms with Gasteiger partial charge in [-0.3, -0.25) is 0 Å². The van der Waals surface area contributed by atoms with E-state index in [9.17, 15) is 9.59 Å². The second kappa shape index (κ2) is 6.21. The third kappa shape index (κ3) is 6.84. The number of carbonyl (C=O) groups excluding carboxylic acids is 2. The standard InChI is InChI=1S/C13H24N4O4/c1-12(2,3)20-10(18)14-16-8-7-9-17(16)15-11(19)21-13(4,5)6/h7-8H,9H2,1-6H3,(H,14,18)(H,15,19). The average Bonchev–Trinajstić information content (AvgIpc) is 2.59. The third-order valence-electron chi connectivity index (χ3n) is 2.01. The van der Waals surface area contributed by atoms with Crippen LogP contribution in [0.3, 0.4) is 0 Å². The molecule has 0 atom stereocenters. The average molecular weight is 300 g/mol. The number of nitrogens with zero attached hydrogens (tertiary/aromatic N) is 2. The Labute approximate surface area is 125 Å². The van der Waals surface area contributed by atoms with E-state index in [1.54, 1.807) is 53.8 Å². The van der Waals surface area contributed by atoms with Crippen LogP contribution in [0.4, 0.5) is 9.59 Å². The number of nitrogens with one attached hydrogen (secondary N) is 2. The van der Waals surface area contributed by atoms with Crippen molar-refractivity contribution in [2.45, 2.75) is 52.7 Å². The first-order chi connectivity index (χ1) is 9.46. The van der Waals surface area contributed by atoms with E-state index >= 15 is 0 Å². The largest absolute Gasteiger partial charge is 0.443 e. The van der Waals surface area contributed by atoms with Crippen LogP contribution in [-0.4, -0.2) is 40.2 Å². The molecule has 21 heavy (non-hydrogen) atoms. The van der Waals surface area contributed by atoms with Crippen molar-refractivity contribution in [2.24, 2.45) is 0 Å². The zero-order valence-electron chi connectivity index (χ0n) is 13.4. The molecule has 1 rings (SSSR count). The summed E-state index contributed by atoms with van der Waals surface area (Å²) in [7, 11) is 0. The fourth-order valence-electron chi connectivity index (χ4n) is 1.41. The molecule has 0 spiro atoms. The number of amides is 2. The smallest absolute Gasteiger partial charge is 0.427 e. The molecule has 0 radical (unpaired) electrons. The summed E-state index contributed by atoms with van der Waals surface area (Å²) in [4.78, 5) is 23.4. The van der Waals surface area contributed by atoms with E-state index in [4.69, 9.17) is 9.47 Å². The molecule has 1 heterocycles. The van der Waals surface area contributed by atoms with E-state index in [-0.39, 0.29) is 0 Å². The summed E-state index contributed by atoms with van der Waals surface area (Å²) in [5.41, 5.74) is 3.82. The summed E-state index contributed by atoms with van der Waals surface area (Å²) < 4.78 is 10.3. The van der Waals surface area contributed by atoms with Crippen molar-refractivity contribution in [1.29, 1.82) is 0 Å². The Morgan fingerprint density at radius 1 is 0.952 bits per heavy atom. The molecule has 0 unspecified atom stereocenters. The van der Waals surface area contributed by atoms with Gasteiger partial charge in [0.15, 0.2) is 0 Å². The van der Waals surface area contributed by atoms with Gasteiger partial charge in [0.1, 0.15) is 11.2 Å². The maximum Gasteiger partial charge on any atom is 0.427 e. The minimum atomic E-state index is -0.620. The highest BCUT2D eigenvalue weighted by molar-refractivity contribution is 5.68. The van der Waals surface area contributed by atoms with Crippen molar-refractivity contribution >= 4 is 12.2 Å². The molecule has 2 amide bonds. The van der Waals surface area contributed by atoms with E-state index in [2.05, 4.69) is 10.9 Å². The van der Waals surface area contributed by atoms with Crippen molar-refractivity contribution in [2.75, 3.05) is 6.54 Å². The van der Waals surface area contributed by atoms with Gasteiger partial charge in [0.2, 0.25) is 0 Å². The van der Waals surface area contributed by atoms with Crippen LogP contribution >= 0.6 is 0 Å². The number of hydrogen-bond acceptors (Lipinski definition) is 6. The van der Waals surface area contributed by atoms with Gasteiger partial charge < -0.3 is 9.47 Å². The minimum Gasteiger partial charge on any atom is -0.443 e. The predicted molar refractivity (Wildman–Crippen MR) is 76.4 cm³/mol. The minimum absolute atomic E-state index is 0.398. The van der Waals surface area contributed by atoms with Crippen LogP contribution in [0, 0.1) is 0 Å². The van der Waals surface area contributed by atoms with E-state index in [0.717, 1.165) is 0 Å². The number of rotatable bonds is 2. The molecule has 1 aliphatic heterocycles. The lowest BCUT2D eigenvalue weighted by Crippen LogP contribution is -2.56. The molecule has 0 fully saturated rings. The first-order valence-electron chi connectivity index (χ1n) is 6.69. The second-order valence-electron chi connectivity index (χ2n) is 6.54. The topological polar surface area (TPSA) is 83.1 Å². The van der Waals surface area contributed by atoms with Crippen LogP contribution < -0.4 is 10.9 Å². The highest BCUT2D eigenvalue weighted by Crippen LogP contribution is 2.10. The number of hydrogen-bond donors (Lipinski definition) is 2. The quantitative estimate of drug-likeness (QED) is 0.810. The number of carbonyl (C=O) groups is 2. The number of hydrazine groups is 3. The highest BCUT2D eigenvalue weighted by atomic mass is 16.6. The van der Waals surface area contributed by atoms with E-state index in [1.807, 2.05) is 0 Å². The normalized spacial score (nSPS) is 15.8. The van der Waals surface area contributed by atoms with Crippen LogP contribution in [0.2, 0.25) is 0 Å². The molecule has 1 aliphatic rings. The predicted octanol–water partition coefficient (Wildman–Crippen LogP) is 1.91. The van der Waals surface area contributed by atoms with Crippen molar-refractivity contribution < 1.29 is 19.1 Å². The molecule has 0 saturated carbocycles. The van der Waals surface area contributed by atoms with Crippen LogP contribution in [0.1, 0.15) is 41.5 Å². The van der Waals surface area contributed by atoms with Gasteiger partial charge in [-0.15, -0.1) is 5.12 Å². The molecule has 0 bridgehead atoms. The molecule has 120 valence electrons. The van der Waals surface area contributed by atoms with Gasteiger partial charge >= 0.3 is 12.2 Å². The van der Waals surface area contributed by atoms with Crippen molar-refractivity contribution in [3.05, 3.63) is 12.3 Å². The summed E-state index contributed by atoms with van der Waals surface area (Å²) in [6.45, 7) is 11.0. The Balaban J connectivity index is 2.50. The molecule has 8 nitrogen and oxygen atoms in total. The van der Waals surface area contributed by atoms with Crippen molar-refractivity contribution in [1.82, 2.24) is 21.1 Å². The molecule has 0 aromatic heterocycles. The zero-order valence-corrected chi connectivity index (χ0v) is 13.4. The molecule has 0 aromatic rings. The van der Waals surface area contributed by atoms with E-state index < -0.39 is 23.4 Å². The van der Waals surface area contributed by atoms with E-state index in [1.165, 1.54) is 10.2 Å². The van der Waals surface area contributed by atoms with Crippen LogP contribution in [0.15, 0.2) is 12.3 Å². The molecule has 8 heteroatoms. The third-order valence-corrected chi connectivity index (χ3v) is 2.01. The van der Waals surface area contributed by atoms with Gasteiger partial charge in [0.25, 0.3) is 0 Å². The Bertz CT molecular complexity index is 423. The Hall–Kier alpha value is -1.96. The van der Waals surface area contributed by atoms with Crippen LogP contribution in [-0.2, 0) is 9.47 Å². The Morgan fingerprint density at radius 2 is 1.43 bits per heavy atom. The monoisotopic (exact) mass is 300 g/mol. The maximum absolute atomic E-state index is 11.7. The highest BCUT2D eigenvalue weighted by Gasteiger charge is 2.25. The summed E-state index contributed by atoms with van der Waals surface area (Å²) >= 11 is 0. The van der Waals surface area contributed by atoms with Crippen LogP contribution in [0.5, 0.6) is 0 Å². The van der Waals surface area contributed by atoms with Crippen LogP contribution in [0.25, 0.3) is 0 Å². The summed E-state index contributed by atoms with van der Waals surface area (Å²) in [5, 5.41) is 2.70. The lowest BCUT2D eigenvalue weighted by atomic mass is 10.2. The molecule has 0 aromatic carbocycles. The van der Waals surface area contributed by atoms with Gasteiger partial charge in [0.05, 0.1) is 6.54 Å². The van der Waals surface area contributed by atoms with Crippen molar-refractivity contribution in [3.8, 4) is 0 Å². The van der Waals surface area contributed by atoms with E-state index in [0.29, 0.717) is 6.54 Å². The SMILES string of the molecule is CC(C)(C)OC(=O)NN1C=CCN1NC(=O)OC(C)(C)C. The van der Waals surface area contributed by atoms with Crippen molar-refractivity contribution in [3.63, 3.8) is 0 Å². The molecular formula is C13H24N4O4. The maximum atomic E-state index is 11.7.